The minimum Gasteiger partial charge on any atom is -0.343 e. The number of nitrogens with zero attached hydrogens (tertiary/aromatic N) is 1. The van der Waals surface area contributed by atoms with Crippen LogP contribution in [0.2, 0.25) is 0 Å². The van der Waals surface area contributed by atoms with Crippen LogP contribution in [0, 0.1) is 5.92 Å². The second-order valence-electron chi connectivity index (χ2n) is 6.74. The van der Waals surface area contributed by atoms with Gasteiger partial charge in [0.1, 0.15) is 6.04 Å². The fourth-order valence-corrected chi connectivity index (χ4v) is 4.26. The van der Waals surface area contributed by atoms with Crippen LogP contribution in [0.1, 0.15) is 31.0 Å². The normalized spacial score (nSPS) is 16.9. The third-order valence-electron chi connectivity index (χ3n) is 4.51. The fourth-order valence-electron chi connectivity index (χ4n) is 3.10. The van der Waals surface area contributed by atoms with E-state index in [0.29, 0.717) is 11.6 Å². The van der Waals surface area contributed by atoms with Gasteiger partial charge in [0, 0.05) is 11.7 Å². The zero-order chi connectivity index (χ0) is 18.5. The Balaban J connectivity index is 1.83. The van der Waals surface area contributed by atoms with Gasteiger partial charge < -0.3 is 10.2 Å². The second-order valence-corrected chi connectivity index (χ2v) is 7.74. The van der Waals surface area contributed by atoms with Crippen molar-refractivity contribution in [2.45, 2.75) is 25.9 Å². The fraction of sp³-hybridized carbons (Fsp3) is 0.333. The van der Waals surface area contributed by atoms with Gasteiger partial charge in [0.25, 0.3) is 0 Å². The molecule has 1 aliphatic rings. The highest BCUT2D eigenvalue weighted by Gasteiger charge is 2.36. The van der Waals surface area contributed by atoms with Gasteiger partial charge in [0.15, 0.2) is 0 Å². The van der Waals surface area contributed by atoms with Crippen molar-refractivity contribution in [1.29, 1.82) is 0 Å². The molecule has 2 amide bonds. The molecule has 0 aromatic heterocycles. The molecule has 0 bridgehead atoms. The predicted octanol–water partition coefficient (Wildman–Crippen LogP) is 3.45. The summed E-state index contributed by atoms with van der Waals surface area (Å²) in [5, 5.41) is 3.17. The zero-order valence-corrected chi connectivity index (χ0v) is 15.9. The average molecular weight is 369 g/mol. The van der Waals surface area contributed by atoms with E-state index < -0.39 is 6.04 Å². The summed E-state index contributed by atoms with van der Waals surface area (Å²) in [6.45, 7) is 3.74. The molecule has 136 valence electrons. The third kappa shape index (κ3) is 4.10. The lowest BCUT2D eigenvalue weighted by atomic mass is 9.98. The number of hydrogen-bond donors (Lipinski definition) is 1. The number of benzene rings is 2. The number of carbonyl (C=O) groups is 2. The lowest BCUT2D eigenvalue weighted by molar-refractivity contribution is -0.140. The number of thioether (sulfide) groups is 1. The molecule has 1 saturated heterocycles. The minimum absolute atomic E-state index is 0.0334. The molecule has 0 saturated carbocycles. The molecule has 26 heavy (non-hydrogen) atoms. The van der Waals surface area contributed by atoms with E-state index in [9.17, 15) is 9.59 Å². The van der Waals surface area contributed by atoms with Crippen LogP contribution in [0.3, 0.4) is 0 Å². The standard InChI is InChI=1S/C21H24N2O2S/c1-15(2)21(25)23-14-26-13-18(23)20(24)22-19(16-9-5-3-6-10-16)17-11-7-4-8-12-17/h3-12,15,18-19H,13-14H2,1-2H3,(H,22,24). The highest BCUT2D eigenvalue weighted by Crippen LogP contribution is 2.26. The molecular weight excluding hydrogens is 344 g/mol. The molecule has 2 aromatic carbocycles. The lowest BCUT2D eigenvalue weighted by Crippen LogP contribution is -2.49. The van der Waals surface area contributed by atoms with Crippen LogP contribution in [0.25, 0.3) is 0 Å². The summed E-state index contributed by atoms with van der Waals surface area (Å²) in [6.07, 6.45) is 0. The van der Waals surface area contributed by atoms with Crippen molar-refractivity contribution >= 4 is 23.6 Å². The summed E-state index contributed by atoms with van der Waals surface area (Å²) in [7, 11) is 0. The first-order chi connectivity index (χ1) is 12.6. The lowest BCUT2D eigenvalue weighted by Gasteiger charge is -2.27. The number of amides is 2. The predicted molar refractivity (Wildman–Crippen MR) is 106 cm³/mol. The first-order valence-corrected chi connectivity index (χ1v) is 10.0. The molecular formula is C21H24N2O2S. The molecule has 1 aliphatic heterocycles. The quantitative estimate of drug-likeness (QED) is 0.879. The number of carbonyl (C=O) groups excluding carboxylic acids is 2. The van der Waals surface area contributed by atoms with E-state index in [0.717, 1.165) is 11.1 Å². The molecule has 2 aromatic rings. The van der Waals surface area contributed by atoms with Crippen LogP contribution in [0.5, 0.6) is 0 Å². The van der Waals surface area contributed by atoms with Gasteiger partial charge in [-0.15, -0.1) is 11.8 Å². The van der Waals surface area contributed by atoms with Gasteiger partial charge in [-0.25, -0.2) is 0 Å². The second kappa shape index (κ2) is 8.41. The molecule has 1 fully saturated rings. The van der Waals surface area contributed by atoms with Crippen LogP contribution in [0.15, 0.2) is 60.7 Å². The van der Waals surface area contributed by atoms with Crippen molar-refractivity contribution in [3.8, 4) is 0 Å². The maximum Gasteiger partial charge on any atom is 0.244 e. The van der Waals surface area contributed by atoms with E-state index in [-0.39, 0.29) is 23.8 Å². The van der Waals surface area contributed by atoms with E-state index in [1.54, 1.807) is 16.7 Å². The first-order valence-electron chi connectivity index (χ1n) is 8.86. The van der Waals surface area contributed by atoms with Crippen molar-refractivity contribution < 1.29 is 9.59 Å². The summed E-state index contributed by atoms with van der Waals surface area (Å²) < 4.78 is 0. The van der Waals surface area contributed by atoms with Gasteiger partial charge in [-0.3, -0.25) is 9.59 Å². The summed E-state index contributed by atoms with van der Waals surface area (Å²) in [4.78, 5) is 27.1. The Hall–Kier alpha value is -2.27. The average Bonchev–Trinajstić information content (AvgIpc) is 3.16. The molecule has 1 atom stereocenters. The van der Waals surface area contributed by atoms with Crippen molar-refractivity contribution in [2.24, 2.45) is 5.92 Å². The van der Waals surface area contributed by atoms with Gasteiger partial charge in [-0.05, 0) is 11.1 Å². The van der Waals surface area contributed by atoms with Crippen molar-refractivity contribution in [3.63, 3.8) is 0 Å². The van der Waals surface area contributed by atoms with Gasteiger partial charge in [0.05, 0.1) is 11.9 Å². The molecule has 3 rings (SSSR count). The topological polar surface area (TPSA) is 49.4 Å². The Morgan fingerprint density at radius 2 is 1.54 bits per heavy atom. The monoisotopic (exact) mass is 368 g/mol. The molecule has 1 unspecified atom stereocenters. The highest BCUT2D eigenvalue weighted by atomic mass is 32.2. The van der Waals surface area contributed by atoms with Gasteiger partial charge in [-0.1, -0.05) is 74.5 Å². The summed E-state index contributed by atoms with van der Waals surface area (Å²) in [5.41, 5.74) is 2.05. The maximum absolute atomic E-state index is 13.0. The molecule has 1 N–H and O–H groups in total. The van der Waals surface area contributed by atoms with Crippen LogP contribution in [-0.2, 0) is 9.59 Å². The van der Waals surface area contributed by atoms with Crippen LogP contribution in [-0.4, -0.2) is 34.4 Å². The first kappa shape index (κ1) is 18.5. The Morgan fingerprint density at radius 3 is 2.04 bits per heavy atom. The van der Waals surface area contributed by atoms with Crippen LogP contribution < -0.4 is 5.32 Å². The van der Waals surface area contributed by atoms with E-state index in [1.165, 1.54) is 0 Å². The maximum atomic E-state index is 13.0. The third-order valence-corrected chi connectivity index (χ3v) is 5.53. The van der Waals surface area contributed by atoms with Gasteiger partial charge in [-0.2, -0.15) is 0 Å². The minimum atomic E-state index is -0.412. The Bertz CT molecular complexity index is 710. The van der Waals surface area contributed by atoms with Crippen LogP contribution >= 0.6 is 11.8 Å². The summed E-state index contributed by atoms with van der Waals surface area (Å²) in [5.74, 6) is 1.05. The van der Waals surface area contributed by atoms with Gasteiger partial charge >= 0.3 is 0 Å². The molecule has 0 spiro atoms. The van der Waals surface area contributed by atoms with E-state index in [1.807, 2.05) is 74.5 Å². The molecule has 1 heterocycles. The molecule has 5 heteroatoms. The number of rotatable bonds is 5. The molecule has 0 aliphatic carbocycles. The van der Waals surface area contributed by atoms with Crippen molar-refractivity contribution in [1.82, 2.24) is 10.2 Å². The Kier molecular flexibility index (Phi) is 5.99. The largest absolute Gasteiger partial charge is 0.343 e. The van der Waals surface area contributed by atoms with Crippen molar-refractivity contribution in [2.75, 3.05) is 11.6 Å². The molecule has 0 radical (unpaired) electrons. The highest BCUT2D eigenvalue weighted by molar-refractivity contribution is 7.99. The van der Waals surface area contributed by atoms with E-state index in [4.69, 9.17) is 0 Å². The van der Waals surface area contributed by atoms with E-state index in [2.05, 4.69) is 5.32 Å². The van der Waals surface area contributed by atoms with E-state index >= 15 is 0 Å². The summed E-state index contributed by atoms with van der Waals surface area (Å²) in [6, 6.07) is 19.2. The number of hydrogen-bond acceptors (Lipinski definition) is 3. The van der Waals surface area contributed by atoms with Crippen LogP contribution in [0.4, 0.5) is 0 Å². The Labute approximate surface area is 159 Å². The smallest absolute Gasteiger partial charge is 0.244 e. The SMILES string of the molecule is CC(C)C(=O)N1CSCC1C(=O)NC(c1ccccc1)c1ccccc1. The Morgan fingerprint density at radius 1 is 1.00 bits per heavy atom. The molecule has 4 nitrogen and oxygen atoms in total. The summed E-state index contributed by atoms with van der Waals surface area (Å²) >= 11 is 1.63. The van der Waals surface area contributed by atoms with Crippen molar-refractivity contribution in [3.05, 3.63) is 71.8 Å². The zero-order valence-electron chi connectivity index (χ0n) is 15.1. The van der Waals surface area contributed by atoms with Gasteiger partial charge in [0.2, 0.25) is 11.8 Å². The number of nitrogens with one attached hydrogen (secondary N) is 1.